The van der Waals surface area contributed by atoms with Gasteiger partial charge in [-0.1, -0.05) is 27.5 Å². The summed E-state index contributed by atoms with van der Waals surface area (Å²) in [6, 6.07) is 9.75. The van der Waals surface area contributed by atoms with Crippen molar-refractivity contribution in [1.29, 1.82) is 0 Å². The molecule has 0 unspecified atom stereocenters. The smallest absolute Gasteiger partial charge is 0.257 e. The predicted molar refractivity (Wildman–Crippen MR) is 96.8 cm³/mol. The summed E-state index contributed by atoms with van der Waals surface area (Å²) in [5.41, 5.74) is 2.05. The molecule has 2 rings (SSSR count). The van der Waals surface area contributed by atoms with Crippen LogP contribution >= 0.6 is 27.5 Å². The first-order valence-corrected chi connectivity index (χ1v) is 9.57. The molecule has 0 fully saturated rings. The molecule has 0 aliphatic carbocycles. The van der Waals surface area contributed by atoms with E-state index in [1.807, 2.05) is 19.1 Å². The van der Waals surface area contributed by atoms with E-state index >= 15 is 0 Å². The lowest BCUT2D eigenvalue weighted by atomic mass is 10.1. The van der Waals surface area contributed by atoms with Gasteiger partial charge in [0.05, 0.1) is 16.8 Å². The molecule has 0 bridgehead atoms. The molecule has 0 aromatic heterocycles. The number of rotatable bonds is 4. The van der Waals surface area contributed by atoms with Crippen LogP contribution in [0, 0.1) is 6.92 Å². The summed E-state index contributed by atoms with van der Waals surface area (Å²) in [5.74, 6) is -0.422. The standard InChI is InChI=1S/C15H14BrClN2O3S/c1-9-7-10(3-5-13(9)16)18-15(20)12-8-11(4-6-14(12)17)19-23(2,21)22/h3-8,19H,1-2H3,(H,18,20). The third-order valence-electron chi connectivity index (χ3n) is 2.93. The lowest BCUT2D eigenvalue weighted by Crippen LogP contribution is -2.14. The number of aryl methyl sites for hydroxylation is 1. The summed E-state index contributed by atoms with van der Waals surface area (Å²) in [6.45, 7) is 1.91. The number of carbonyl (C=O) groups is 1. The molecule has 0 atom stereocenters. The van der Waals surface area contributed by atoms with E-state index in [0.717, 1.165) is 16.3 Å². The Kier molecular flexibility index (Phi) is 5.33. The van der Waals surface area contributed by atoms with Gasteiger partial charge in [0.15, 0.2) is 0 Å². The maximum Gasteiger partial charge on any atom is 0.257 e. The van der Waals surface area contributed by atoms with E-state index in [2.05, 4.69) is 26.0 Å². The number of nitrogens with one attached hydrogen (secondary N) is 2. The minimum absolute atomic E-state index is 0.181. The zero-order valence-electron chi connectivity index (χ0n) is 12.4. The number of hydrogen-bond acceptors (Lipinski definition) is 3. The first-order chi connectivity index (χ1) is 10.7. The maximum absolute atomic E-state index is 12.4. The molecule has 8 heteroatoms. The van der Waals surface area contributed by atoms with E-state index in [-0.39, 0.29) is 16.3 Å². The highest BCUT2D eigenvalue weighted by molar-refractivity contribution is 9.10. The lowest BCUT2D eigenvalue weighted by molar-refractivity contribution is 0.102. The van der Waals surface area contributed by atoms with Crippen LogP contribution in [-0.2, 0) is 10.0 Å². The largest absolute Gasteiger partial charge is 0.322 e. The van der Waals surface area contributed by atoms with E-state index in [1.165, 1.54) is 18.2 Å². The molecular formula is C15H14BrClN2O3S. The average Bonchev–Trinajstić information content (AvgIpc) is 2.43. The van der Waals surface area contributed by atoms with Gasteiger partial charge in [-0.2, -0.15) is 0 Å². The van der Waals surface area contributed by atoms with Crippen LogP contribution < -0.4 is 10.0 Å². The number of hydrogen-bond donors (Lipinski definition) is 2. The van der Waals surface area contributed by atoms with Gasteiger partial charge in [-0.15, -0.1) is 0 Å². The summed E-state index contributed by atoms with van der Waals surface area (Å²) in [5, 5.41) is 2.97. The van der Waals surface area contributed by atoms with Crippen LogP contribution in [0.3, 0.4) is 0 Å². The summed E-state index contributed by atoms with van der Waals surface area (Å²) in [6.07, 6.45) is 1.03. The highest BCUT2D eigenvalue weighted by Crippen LogP contribution is 2.24. The molecule has 0 radical (unpaired) electrons. The second-order valence-electron chi connectivity index (χ2n) is 4.99. The van der Waals surface area contributed by atoms with Crippen LogP contribution in [0.2, 0.25) is 5.02 Å². The first kappa shape index (κ1) is 17.8. The Balaban J connectivity index is 2.27. The third-order valence-corrected chi connectivity index (χ3v) is 4.76. The number of amides is 1. The van der Waals surface area contributed by atoms with Crippen molar-refractivity contribution in [2.45, 2.75) is 6.92 Å². The molecule has 0 aliphatic rings. The van der Waals surface area contributed by atoms with Crippen LogP contribution in [0.15, 0.2) is 40.9 Å². The third kappa shape index (κ3) is 4.95. The monoisotopic (exact) mass is 416 g/mol. The highest BCUT2D eigenvalue weighted by Gasteiger charge is 2.13. The second kappa shape index (κ2) is 6.90. The van der Waals surface area contributed by atoms with Crippen molar-refractivity contribution in [3.05, 3.63) is 57.0 Å². The Morgan fingerprint density at radius 2 is 1.78 bits per heavy atom. The Morgan fingerprint density at radius 3 is 2.39 bits per heavy atom. The van der Waals surface area contributed by atoms with Crippen molar-refractivity contribution in [2.75, 3.05) is 16.3 Å². The van der Waals surface area contributed by atoms with Gasteiger partial charge < -0.3 is 5.32 Å². The summed E-state index contributed by atoms with van der Waals surface area (Å²) >= 11 is 9.43. The van der Waals surface area contributed by atoms with Crippen molar-refractivity contribution >= 4 is 54.8 Å². The zero-order valence-corrected chi connectivity index (χ0v) is 15.5. The summed E-state index contributed by atoms with van der Waals surface area (Å²) in [4.78, 5) is 12.4. The van der Waals surface area contributed by atoms with Crippen molar-refractivity contribution in [3.8, 4) is 0 Å². The molecule has 2 aromatic carbocycles. The van der Waals surface area contributed by atoms with Gasteiger partial charge >= 0.3 is 0 Å². The number of carbonyl (C=O) groups excluding carboxylic acids is 1. The van der Waals surface area contributed by atoms with Gasteiger partial charge in [-0.05, 0) is 48.9 Å². The Morgan fingerprint density at radius 1 is 1.13 bits per heavy atom. The predicted octanol–water partition coefficient (Wildman–Crippen LogP) is 4.03. The summed E-state index contributed by atoms with van der Waals surface area (Å²) < 4.78 is 25.8. The van der Waals surface area contributed by atoms with Crippen LogP contribution in [0.5, 0.6) is 0 Å². The minimum atomic E-state index is -3.43. The van der Waals surface area contributed by atoms with Gasteiger partial charge in [-0.3, -0.25) is 9.52 Å². The van der Waals surface area contributed by atoms with E-state index in [9.17, 15) is 13.2 Å². The SMILES string of the molecule is Cc1cc(NC(=O)c2cc(NS(C)(=O)=O)ccc2Cl)ccc1Br. The highest BCUT2D eigenvalue weighted by atomic mass is 79.9. The number of halogens is 2. The number of anilines is 2. The van der Waals surface area contributed by atoms with Crippen molar-refractivity contribution < 1.29 is 13.2 Å². The molecule has 2 aromatic rings. The second-order valence-corrected chi connectivity index (χ2v) is 8.00. The summed E-state index contributed by atoms with van der Waals surface area (Å²) in [7, 11) is -3.43. The first-order valence-electron chi connectivity index (χ1n) is 6.50. The fraction of sp³-hybridized carbons (Fsp3) is 0.133. The number of benzene rings is 2. The molecular weight excluding hydrogens is 404 g/mol. The van der Waals surface area contributed by atoms with E-state index < -0.39 is 15.9 Å². The van der Waals surface area contributed by atoms with Gasteiger partial charge in [0, 0.05) is 15.8 Å². The van der Waals surface area contributed by atoms with Crippen LogP contribution in [0.25, 0.3) is 0 Å². The van der Waals surface area contributed by atoms with Gasteiger partial charge in [-0.25, -0.2) is 8.42 Å². The van der Waals surface area contributed by atoms with Gasteiger partial charge in [0.2, 0.25) is 10.0 Å². The molecule has 0 saturated heterocycles. The van der Waals surface area contributed by atoms with Crippen molar-refractivity contribution in [3.63, 3.8) is 0 Å². The molecule has 1 amide bonds. The van der Waals surface area contributed by atoms with Crippen molar-refractivity contribution in [2.24, 2.45) is 0 Å². The Hall–Kier alpha value is -1.57. The molecule has 23 heavy (non-hydrogen) atoms. The van der Waals surface area contributed by atoms with Gasteiger partial charge in [0.25, 0.3) is 5.91 Å². The molecule has 122 valence electrons. The van der Waals surface area contributed by atoms with E-state index in [4.69, 9.17) is 11.6 Å². The Bertz CT molecular complexity index is 869. The van der Waals surface area contributed by atoms with Crippen molar-refractivity contribution in [1.82, 2.24) is 0 Å². The average molecular weight is 418 g/mol. The van der Waals surface area contributed by atoms with Gasteiger partial charge in [0.1, 0.15) is 0 Å². The van der Waals surface area contributed by atoms with E-state index in [1.54, 1.807) is 6.07 Å². The molecule has 5 nitrogen and oxygen atoms in total. The maximum atomic E-state index is 12.4. The quantitative estimate of drug-likeness (QED) is 0.788. The molecule has 0 aliphatic heterocycles. The van der Waals surface area contributed by atoms with Crippen LogP contribution in [0.4, 0.5) is 11.4 Å². The molecule has 0 heterocycles. The lowest BCUT2D eigenvalue weighted by Gasteiger charge is -2.10. The normalized spacial score (nSPS) is 11.1. The molecule has 2 N–H and O–H groups in total. The Labute approximate surface area is 148 Å². The van der Waals surface area contributed by atoms with Crippen LogP contribution in [-0.4, -0.2) is 20.6 Å². The fourth-order valence-corrected chi connectivity index (χ4v) is 2.90. The minimum Gasteiger partial charge on any atom is -0.322 e. The topological polar surface area (TPSA) is 75.3 Å². The zero-order chi connectivity index (χ0) is 17.2. The van der Waals surface area contributed by atoms with Crippen LogP contribution in [0.1, 0.15) is 15.9 Å². The molecule has 0 saturated carbocycles. The number of sulfonamides is 1. The fourth-order valence-electron chi connectivity index (χ4n) is 1.90. The molecule has 0 spiro atoms. The van der Waals surface area contributed by atoms with E-state index in [0.29, 0.717) is 5.69 Å².